The van der Waals surface area contributed by atoms with Gasteiger partial charge in [-0.25, -0.2) is 0 Å². The Labute approximate surface area is 176 Å². The van der Waals surface area contributed by atoms with Gasteiger partial charge in [0.05, 0.1) is 17.0 Å². The van der Waals surface area contributed by atoms with Gasteiger partial charge < -0.3 is 19.3 Å². The average molecular weight is 419 g/mol. The minimum absolute atomic E-state index is 0.128. The molecule has 4 aliphatic rings. The summed E-state index contributed by atoms with van der Waals surface area (Å²) in [7, 11) is 0. The third-order valence-electron chi connectivity index (χ3n) is 7.05. The Balaban J connectivity index is 1.24. The standard InChI is InChI=1S/C22H30N2O4S/c1-15-2-5-18(29-15)20(25)23-10-6-17(7-11-23)24-21(26)19(28-14-16-3-4-16)22(24)8-12-27-13-9-22/h2,5,16-17,19H,3-4,6-14H2,1H3. The lowest BCUT2D eigenvalue weighted by atomic mass is 9.72. The third-order valence-corrected chi connectivity index (χ3v) is 8.04. The van der Waals surface area contributed by atoms with Crippen LogP contribution in [0.5, 0.6) is 0 Å². The molecule has 0 N–H and O–H groups in total. The molecule has 1 aliphatic carbocycles. The van der Waals surface area contributed by atoms with E-state index in [-0.39, 0.29) is 29.5 Å². The molecule has 5 rings (SSSR count). The van der Waals surface area contributed by atoms with Crippen LogP contribution in [0.4, 0.5) is 0 Å². The number of ether oxygens (including phenoxy) is 2. The number of carbonyl (C=O) groups is 2. The molecule has 4 fully saturated rings. The second kappa shape index (κ2) is 7.67. The van der Waals surface area contributed by atoms with Crippen molar-refractivity contribution in [3.8, 4) is 0 Å². The quantitative estimate of drug-likeness (QED) is 0.690. The Morgan fingerprint density at radius 2 is 1.93 bits per heavy atom. The minimum atomic E-state index is -0.291. The zero-order valence-electron chi connectivity index (χ0n) is 17.1. The first-order valence-corrected chi connectivity index (χ1v) is 11.8. The number of aryl methyl sites for hydroxylation is 1. The first-order valence-electron chi connectivity index (χ1n) is 11.0. The molecule has 7 heteroatoms. The summed E-state index contributed by atoms with van der Waals surface area (Å²) in [6, 6.07) is 4.13. The molecule has 1 spiro atoms. The van der Waals surface area contributed by atoms with Crippen LogP contribution in [0.15, 0.2) is 12.1 Å². The zero-order chi connectivity index (χ0) is 20.0. The van der Waals surface area contributed by atoms with E-state index in [0.717, 1.165) is 42.0 Å². The SMILES string of the molecule is Cc1ccc(C(=O)N2CCC(N3C(=O)C(OCC4CC4)C34CCOCC4)CC2)s1. The zero-order valence-corrected chi connectivity index (χ0v) is 17.9. The van der Waals surface area contributed by atoms with E-state index in [1.807, 2.05) is 24.0 Å². The number of amides is 2. The molecule has 1 unspecified atom stereocenters. The van der Waals surface area contributed by atoms with Crippen LogP contribution >= 0.6 is 11.3 Å². The summed E-state index contributed by atoms with van der Waals surface area (Å²) in [4.78, 5) is 31.9. The predicted molar refractivity (Wildman–Crippen MR) is 110 cm³/mol. The first-order chi connectivity index (χ1) is 14.1. The number of carbonyl (C=O) groups excluding carboxylic acids is 2. The molecule has 4 heterocycles. The van der Waals surface area contributed by atoms with Gasteiger partial charge in [0.15, 0.2) is 6.10 Å². The van der Waals surface area contributed by atoms with Gasteiger partial charge in [0.25, 0.3) is 11.8 Å². The minimum Gasteiger partial charge on any atom is -0.381 e. The Morgan fingerprint density at radius 1 is 1.21 bits per heavy atom. The maximum Gasteiger partial charge on any atom is 0.263 e. The van der Waals surface area contributed by atoms with Gasteiger partial charge in [0.1, 0.15) is 0 Å². The smallest absolute Gasteiger partial charge is 0.263 e. The number of rotatable bonds is 5. The Kier molecular flexibility index (Phi) is 5.16. The maximum atomic E-state index is 13.1. The monoisotopic (exact) mass is 418 g/mol. The van der Waals surface area contributed by atoms with Crippen LogP contribution in [-0.4, -0.2) is 72.2 Å². The van der Waals surface area contributed by atoms with Crippen molar-refractivity contribution in [2.75, 3.05) is 32.9 Å². The fraction of sp³-hybridized carbons (Fsp3) is 0.727. The number of nitrogens with zero attached hydrogens (tertiary/aromatic N) is 2. The van der Waals surface area contributed by atoms with Crippen molar-refractivity contribution in [1.82, 2.24) is 9.80 Å². The molecule has 1 aromatic rings. The number of likely N-dealkylation sites (tertiary alicyclic amines) is 2. The van der Waals surface area contributed by atoms with Gasteiger partial charge >= 0.3 is 0 Å². The van der Waals surface area contributed by atoms with Crippen LogP contribution < -0.4 is 0 Å². The molecule has 0 aromatic carbocycles. The van der Waals surface area contributed by atoms with Crippen LogP contribution in [-0.2, 0) is 14.3 Å². The van der Waals surface area contributed by atoms with Crippen molar-refractivity contribution in [2.45, 2.75) is 63.1 Å². The van der Waals surface area contributed by atoms with E-state index in [2.05, 4.69) is 4.90 Å². The molecule has 1 aromatic heterocycles. The molecule has 29 heavy (non-hydrogen) atoms. The maximum absolute atomic E-state index is 13.1. The number of thiophene rings is 1. The molecule has 1 saturated carbocycles. The van der Waals surface area contributed by atoms with Gasteiger partial charge in [0, 0.05) is 37.2 Å². The molecule has 3 saturated heterocycles. The highest BCUT2D eigenvalue weighted by molar-refractivity contribution is 7.13. The second-order valence-electron chi connectivity index (χ2n) is 9.01. The van der Waals surface area contributed by atoms with Crippen molar-refractivity contribution < 1.29 is 19.1 Å². The fourth-order valence-corrected chi connectivity index (χ4v) is 6.02. The number of hydrogen-bond acceptors (Lipinski definition) is 5. The van der Waals surface area contributed by atoms with Crippen LogP contribution in [0, 0.1) is 12.8 Å². The fourth-order valence-electron chi connectivity index (χ4n) is 5.18. The summed E-state index contributed by atoms with van der Waals surface area (Å²) in [5.74, 6) is 0.943. The van der Waals surface area contributed by atoms with Crippen molar-refractivity contribution >= 4 is 23.2 Å². The number of β-lactam (4-membered cyclic amide) rings is 1. The van der Waals surface area contributed by atoms with Crippen molar-refractivity contribution in [1.29, 1.82) is 0 Å². The van der Waals surface area contributed by atoms with E-state index >= 15 is 0 Å². The Morgan fingerprint density at radius 3 is 2.55 bits per heavy atom. The lowest BCUT2D eigenvalue weighted by Crippen LogP contribution is -2.79. The summed E-state index contributed by atoms with van der Waals surface area (Å²) in [6.45, 7) is 5.57. The van der Waals surface area contributed by atoms with E-state index in [4.69, 9.17) is 9.47 Å². The van der Waals surface area contributed by atoms with Gasteiger partial charge in [-0.05, 0) is 63.5 Å². The van der Waals surface area contributed by atoms with Gasteiger partial charge in [0.2, 0.25) is 0 Å². The van der Waals surface area contributed by atoms with Crippen molar-refractivity contribution in [2.24, 2.45) is 5.92 Å². The summed E-state index contributed by atoms with van der Waals surface area (Å²) >= 11 is 1.56. The van der Waals surface area contributed by atoms with E-state index < -0.39 is 0 Å². The number of hydrogen-bond donors (Lipinski definition) is 0. The van der Waals surface area contributed by atoms with Crippen molar-refractivity contribution in [3.05, 3.63) is 21.9 Å². The third kappa shape index (κ3) is 3.51. The number of piperidine rings is 1. The highest BCUT2D eigenvalue weighted by Crippen LogP contribution is 2.46. The van der Waals surface area contributed by atoms with Crippen LogP contribution in [0.2, 0.25) is 0 Å². The summed E-state index contributed by atoms with van der Waals surface area (Å²) in [5, 5.41) is 0. The van der Waals surface area contributed by atoms with E-state index in [0.29, 0.717) is 32.2 Å². The Bertz CT molecular complexity index is 776. The normalized spacial score (nSPS) is 27.3. The molecule has 0 radical (unpaired) electrons. The lowest BCUT2D eigenvalue weighted by molar-refractivity contribution is -0.219. The van der Waals surface area contributed by atoms with Gasteiger partial charge in [-0.3, -0.25) is 9.59 Å². The Hall–Kier alpha value is -1.44. The molecule has 0 bridgehead atoms. The van der Waals surface area contributed by atoms with Crippen LogP contribution in [0.1, 0.15) is 53.1 Å². The van der Waals surface area contributed by atoms with Gasteiger partial charge in [-0.15, -0.1) is 11.3 Å². The van der Waals surface area contributed by atoms with Crippen LogP contribution in [0.3, 0.4) is 0 Å². The highest BCUT2D eigenvalue weighted by Gasteiger charge is 2.63. The first kappa shape index (κ1) is 19.5. The van der Waals surface area contributed by atoms with E-state index in [1.165, 1.54) is 12.8 Å². The summed E-state index contributed by atoms with van der Waals surface area (Å²) < 4.78 is 11.8. The molecule has 3 aliphatic heterocycles. The second-order valence-corrected chi connectivity index (χ2v) is 10.3. The molecule has 6 nitrogen and oxygen atoms in total. The average Bonchev–Trinajstić information content (AvgIpc) is 3.47. The van der Waals surface area contributed by atoms with Crippen LogP contribution in [0.25, 0.3) is 0 Å². The van der Waals surface area contributed by atoms with Gasteiger partial charge in [-0.1, -0.05) is 0 Å². The van der Waals surface area contributed by atoms with E-state index in [9.17, 15) is 9.59 Å². The van der Waals surface area contributed by atoms with E-state index in [1.54, 1.807) is 11.3 Å². The lowest BCUT2D eigenvalue weighted by Gasteiger charge is -2.62. The summed E-state index contributed by atoms with van der Waals surface area (Å²) in [6.07, 6.45) is 5.59. The molecular weight excluding hydrogens is 388 g/mol. The topological polar surface area (TPSA) is 59.1 Å². The molecule has 158 valence electrons. The predicted octanol–water partition coefficient (Wildman–Crippen LogP) is 2.85. The molecule has 1 atom stereocenters. The molecular formula is C22H30N2O4S. The van der Waals surface area contributed by atoms with Gasteiger partial charge in [-0.2, -0.15) is 0 Å². The summed E-state index contributed by atoms with van der Waals surface area (Å²) in [5.41, 5.74) is -0.189. The van der Waals surface area contributed by atoms with Crippen molar-refractivity contribution in [3.63, 3.8) is 0 Å². The molecule has 2 amide bonds. The largest absolute Gasteiger partial charge is 0.381 e. The highest BCUT2D eigenvalue weighted by atomic mass is 32.1.